The van der Waals surface area contributed by atoms with Crippen molar-refractivity contribution in [2.45, 2.75) is 38.3 Å². The maximum absolute atomic E-state index is 4.54. The molecule has 1 saturated heterocycles. The van der Waals surface area contributed by atoms with E-state index in [1.807, 2.05) is 6.20 Å². The number of aromatic nitrogens is 2. The van der Waals surface area contributed by atoms with E-state index in [1.54, 1.807) is 0 Å². The largest absolute Gasteiger partial charge is 0.338 e. The van der Waals surface area contributed by atoms with Gasteiger partial charge in [-0.3, -0.25) is 4.90 Å². The van der Waals surface area contributed by atoms with E-state index < -0.39 is 0 Å². The van der Waals surface area contributed by atoms with E-state index in [0.717, 1.165) is 19.6 Å². The zero-order valence-electron chi connectivity index (χ0n) is 15.4. The standard InChI is InChI=1S/C20H30N4/c1-16(22(2)3)19-7-5-6-17(14-19)15-24-11-8-18(9-12-24)20-21-10-13-23(20)4/h5-7,10,13-14,16,18H,8-9,11-12,15H2,1-4H3/t16-/m0/s1. The first-order chi connectivity index (χ1) is 11.5. The van der Waals surface area contributed by atoms with Gasteiger partial charge in [-0.05, 0) is 58.1 Å². The highest BCUT2D eigenvalue weighted by atomic mass is 15.1. The van der Waals surface area contributed by atoms with Crippen LogP contribution in [0.5, 0.6) is 0 Å². The topological polar surface area (TPSA) is 24.3 Å². The SMILES string of the molecule is C[C@@H](c1cccc(CN2CCC(c3nccn3C)CC2)c1)N(C)C. The van der Waals surface area contributed by atoms with Crippen LogP contribution in [0.1, 0.15) is 48.7 Å². The average molecular weight is 326 g/mol. The minimum absolute atomic E-state index is 0.458. The van der Waals surface area contributed by atoms with Crippen LogP contribution >= 0.6 is 0 Å². The summed E-state index contributed by atoms with van der Waals surface area (Å²) in [5.74, 6) is 1.86. The van der Waals surface area contributed by atoms with Crippen LogP contribution in [0.2, 0.25) is 0 Å². The Morgan fingerprint density at radius 1 is 1.25 bits per heavy atom. The van der Waals surface area contributed by atoms with Gasteiger partial charge in [0.25, 0.3) is 0 Å². The molecule has 1 fully saturated rings. The molecule has 4 heteroatoms. The summed E-state index contributed by atoms with van der Waals surface area (Å²) in [7, 11) is 6.38. The highest BCUT2D eigenvalue weighted by Crippen LogP contribution is 2.27. The van der Waals surface area contributed by atoms with Crippen molar-refractivity contribution in [3.63, 3.8) is 0 Å². The van der Waals surface area contributed by atoms with Gasteiger partial charge >= 0.3 is 0 Å². The number of rotatable bonds is 5. The number of aryl methyl sites for hydroxylation is 1. The molecule has 0 spiro atoms. The Hall–Kier alpha value is -1.65. The maximum atomic E-state index is 4.54. The van der Waals surface area contributed by atoms with Crippen molar-refractivity contribution in [1.82, 2.24) is 19.4 Å². The third kappa shape index (κ3) is 3.87. The van der Waals surface area contributed by atoms with Gasteiger partial charge in [0.15, 0.2) is 0 Å². The van der Waals surface area contributed by atoms with Crippen molar-refractivity contribution in [1.29, 1.82) is 0 Å². The summed E-state index contributed by atoms with van der Waals surface area (Å²) in [6, 6.07) is 9.53. The van der Waals surface area contributed by atoms with E-state index in [0.29, 0.717) is 12.0 Å². The second kappa shape index (κ2) is 7.49. The molecule has 1 aliphatic rings. The number of likely N-dealkylation sites (tertiary alicyclic amines) is 1. The number of imidazole rings is 1. The van der Waals surface area contributed by atoms with E-state index in [9.17, 15) is 0 Å². The molecule has 130 valence electrons. The zero-order chi connectivity index (χ0) is 17.1. The summed E-state index contributed by atoms with van der Waals surface area (Å²) >= 11 is 0. The highest BCUT2D eigenvalue weighted by molar-refractivity contribution is 5.26. The van der Waals surface area contributed by atoms with Crippen molar-refractivity contribution >= 4 is 0 Å². The molecule has 0 amide bonds. The Labute approximate surface area is 146 Å². The first-order valence-electron chi connectivity index (χ1n) is 8.99. The summed E-state index contributed by atoms with van der Waals surface area (Å²) in [4.78, 5) is 9.38. The number of piperidine rings is 1. The Kier molecular flexibility index (Phi) is 5.36. The van der Waals surface area contributed by atoms with E-state index in [4.69, 9.17) is 0 Å². The van der Waals surface area contributed by atoms with Gasteiger partial charge in [0, 0.05) is 37.9 Å². The lowest BCUT2D eigenvalue weighted by atomic mass is 9.95. The predicted molar refractivity (Wildman–Crippen MR) is 99.0 cm³/mol. The van der Waals surface area contributed by atoms with Gasteiger partial charge in [0.05, 0.1) is 0 Å². The molecule has 2 aromatic rings. The molecule has 3 rings (SSSR count). The lowest BCUT2D eigenvalue weighted by molar-refractivity contribution is 0.200. The van der Waals surface area contributed by atoms with Crippen molar-refractivity contribution < 1.29 is 0 Å². The minimum atomic E-state index is 0.458. The van der Waals surface area contributed by atoms with Crippen LogP contribution in [-0.4, -0.2) is 46.5 Å². The Morgan fingerprint density at radius 3 is 2.62 bits per heavy atom. The second-order valence-electron chi connectivity index (χ2n) is 7.33. The highest BCUT2D eigenvalue weighted by Gasteiger charge is 2.23. The summed E-state index contributed by atoms with van der Waals surface area (Å²) < 4.78 is 2.17. The van der Waals surface area contributed by atoms with Crippen LogP contribution in [0.25, 0.3) is 0 Å². The van der Waals surface area contributed by atoms with Gasteiger partial charge in [0.1, 0.15) is 5.82 Å². The fourth-order valence-electron chi connectivity index (χ4n) is 3.63. The molecule has 1 atom stereocenters. The molecule has 2 heterocycles. The predicted octanol–water partition coefficient (Wildman–Crippen LogP) is 3.42. The number of benzene rings is 1. The normalized spacial score (nSPS) is 18.2. The average Bonchev–Trinajstić information content (AvgIpc) is 3.01. The summed E-state index contributed by atoms with van der Waals surface area (Å²) in [6.07, 6.45) is 6.38. The molecule has 0 bridgehead atoms. The smallest absolute Gasteiger partial charge is 0.111 e. The van der Waals surface area contributed by atoms with Gasteiger partial charge < -0.3 is 9.47 Å². The van der Waals surface area contributed by atoms with Crippen molar-refractivity contribution in [2.24, 2.45) is 7.05 Å². The lowest BCUT2D eigenvalue weighted by Gasteiger charge is -2.32. The number of hydrogen-bond acceptors (Lipinski definition) is 3. The molecule has 0 aliphatic carbocycles. The molecule has 24 heavy (non-hydrogen) atoms. The number of nitrogens with zero attached hydrogens (tertiary/aromatic N) is 4. The monoisotopic (exact) mass is 326 g/mol. The van der Waals surface area contributed by atoms with Gasteiger partial charge in [-0.2, -0.15) is 0 Å². The Balaban J connectivity index is 1.58. The molecule has 4 nitrogen and oxygen atoms in total. The van der Waals surface area contributed by atoms with E-state index in [2.05, 4.69) is 77.9 Å². The maximum Gasteiger partial charge on any atom is 0.111 e. The van der Waals surface area contributed by atoms with Crippen LogP contribution in [0.4, 0.5) is 0 Å². The van der Waals surface area contributed by atoms with Crippen LogP contribution in [-0.2, 0) is 13.6 Å². The fraction of sp³-hybridized carbons (Fsp3) is 0.550. The first kappa shape index (κ1) is 17.2. The molecule has 1 aliphatic heterocycles. The Bertz CT molecular complexity index is 653. The van der Waals surface area contributed by atoms with Gasteiger partial charge in [-0.15, -0.1) is 0 Å². The fourth-order valence-corrected chi connectivity index (χ4v) is 3.63. The van der Waals surface area contributed by atoms with Gasteiger partial charge in [-0.25, -0.2) is 4.98 Å². The van der Waals surface area contributed by atoms with E-state index in [-0.39, 0.29) is 0 Å². The molecule has 0 saturated carbocycles. The zero-order valence-corrected chi connectivity index (χ0v) is 15.4. The third-order valence-corrected chi connectivity index (χ3v) is 5.43. The number of hydrogen-bond donors (Lipinski definition) is 0. The van der Waals surface area contributed by atoms with Crippen LogP contribution < -0.4 is 0 Å². The third-order valence-electron chi connectivity index (χ3n) is 5.43. The summed E-state index contributed by atoms with van der Waals surface area (Å²) in [5, 5.41) is 0. The summed E-state index contributed by atoms with van der Waals surface area (Å²) in [5.41, 5.74) is 2.83. The molecular formula is C20H30N4. The molecule has 0 N–H and O–H groups in total. The minimum Gasteiger partial charge on any atom is -0.338 e. The van der Waals surface area contributed by atoms with Crippen molar-refractivity contribution in [3.8, 4) is 0 Å². The lowest BCUT2D eigenvalue weighted by Crippen LogP contribution is -2.33. The van der Waals surface area contributed by atoms with Crippen LogP contribution in [0, 0.1) is 0 Å². The van der Waals surface area contributed by atoms with Gasteiger partial charge in [-0.1, -0.05) is 24.3 Å². The molecule has 1 aromatic heterocycles. The van der Waals surface area contributed by atoms with E-state index >= 15 is 0 Å². The quantitative estimate of drug-likeness (QED) is 0.841. The van der Waals surface area contributed by atoms with Crippen molar-refractivity contribution in [2.75, 3.05) is 27.2 Å². The van der Waals surface area contributed by atoms with E-state index in [1.165, 1.54) is 29.8 Å². The molecule has 1 aromatic carbocycles. The molecule has 0 unspecified atom stereocenters. The van der Waals surface area contributed by atoms with Crippen LogP contribution in [0.15, 0.2) is 36.7 Å². The Morgan fingerprint density at radius 2 is 2.00 bits per heavy atom. The second-order valence-corrected chi connectivity index (χ2v) is 7.33. The van der Waals surface area contributed by atoms with Gasteiger partial charge in [0.2, 0.25) is 0 Å². The van der Waals surface area contributed by atoms with Crippen molar-refractivity contribution in [3.05, 3.63) is 53.6 Å². The van der Waals surface area contributed by atoms with Crippen LogP contribution in [0.3, 0.4) is 0 Å². The summed E-state index contributed by atoms with van der Waals surface area (Å²) in [6.45, 7) is 5.63. The molecule has 0 radical (unpaired) electrons. The molecular weight excluding hydrogens is 296 g/mol. The first-order valence-corrected chi connectivity index (χ1v) is 8.99.